The third-order valence-corrected chi connectivity index (χ3v) is 3.58. The van der Waals surface area contributed by atoms with Crippen LogP contribution in [0, 0.1) is 6.92 Å². The zero-order chi connectivity index (χ0) is 14.8. The highest BCUT2D eigenvalue weighted by molar-refractivity contribution is 6.04. The van der Waals surface area contributed by atoms with Crippen molar-refractivity contribution in [1.29, 1.82) is 0 Å². The predicted molar refractivity (Wildman–Crippen MR) is 83.2 cm³/mol. The Morgan fingerprint density at radius 2 is 1.90 bits per heavy atom. The molecule has 0 saturated carbocycles. The number of hydrogen-bond acceptors (Lipinski definition) is 2. The summed E-state index contributed by atoms with van der Waals surface area (Å²) in [6.45, 7) is 2.31. The summed E-state index contributed by atoms with van der Waals surface area (Å²) in [5.41, 5.74) is 3.77. The predicted octanol–water partition coefficient (Wildman–Crippen LogP) is 3.84. The molecule has 3 nitrogen and oxygen atoms in total. The van der Waals surface area contributed by atoms with Crippen LogP contribution < -0.4 is 0 Å². The fourth-order valence-corrected chi connectivity index (χ4v) is 2.47. The lowest BCUT2D eigenvalue weighted by atomic mass is 10.1. The molecule has 1 aromatic heterocycles. The molecule has 0 amide bonds. The van der Waals surface area contributed by atoms with Crippen molar-refractivity contribution in [3.8, 4) is 0 Å². The van der Waals surface area contributed by atoms with Crippen molar-refractivity contribution in [2.45, 2.75) is 13.5 Å². The zero-order valence-corrected chi connectivity index (χ0v) is 12.2. The molecule has 0 N–H and O–H groups in total. The summed E-state index contributed by atoms with van der Waals surface area (Å²) in [5, 5.41) is 0.940. The molecular weight excluding hydrogens is 262 g/mol. The lowest BCUT2D eigenvalue weighted by Gasteiger charge is -2.04. The lowest BCUT2D eigenvalue weighted by molar-refractivity contribution is 0.0475. The second-order valence-electron chi connectivity index (χ2n) is 5.24. The van der Waals surface area contributed by atoms with Gasteiger partial charge in [0.15, 0.2) is 0 Å². The quantitative estimate of drug-likeness (QED) is 0.682. The molecular formula is C18H17NO2. The standard InChI is InChI=1S/C18H17NO2/c1-13-8-9-17-15(10-13)16(11-19(17)2)18(20)21-12-14-6-4-3-5-7-14/h3-11H,12H2,1-2H3. The van der Waals surface area contributed by atoms with Gasteiger partial charge in [-0.05, 0) is 24.6 Å². The van der Waals surface area contributed by atoms with Gasteiger partial charge in [-0.1, -0.05) is 42.0 Å². The van der Waals surface area contributed by atoms with E-state index in [2.05, 4.69) is 0 Å². The van der Waals surface area contributed by atoms with Gasteiger partial charge in [0.2, 0.25) is 0 Å². The Hall–Kier alpha value is -2.55. The largest absolute Gasteiger partial charge is 0.457 e. The van der Waals surface area contributed by atoms with Crippen LogP contribution in [0.4, 0.5) is 0 Å². The summed E-state index contributed by atoms with van der Waals surface area (Å²) in [6, 6.07) is 15.8. The summed E-state index contributed by atoms with van der Waals surface area (Å²) in [4.78, 5) is 12.3. The van der Waals surface area contributed by atoms with Crippen LogP contribution in [0.2, 0.25) is 0 Å². The molecule has 0 radical (unpaired) electrons. The van der Waals surface area contributed by atoms with Crippen molar-refractivity contribution < 1.29 is 9.53 Å². The number of esters is 1. The van der Waals surface area contributed by atoms with Gasteiger partial charge >= 0.3 is 5.97 Å². The first kappa shape index (κ1) is 13.4. The SMILES string of the molecule is Cc1ccc2c(c1)c(C(=O)OCc1ccccc1)cn2C. The first-order valence-corrected chi connectivity index (χ1v) is 6.92. The summed E-state index contributed by atoms with van der Waals surface area (Å²) >= 11 is 0. The van der Waals surface area contributed by atoms with Gasteiger partial charge in [-0.15, -0.1) is 0 Å². The van der Waals surface area contributed by atoms with Crippen molar-refractivity contribution in [2.75, 3.05) is 0 Å². The fraction of sp³-hybridized carbons (Fsp3) is 0.167. The monoisotopic (exact) mass is 279 g/mol. The molecule has 3 heteroatoms. The topological polar surface area (TPSA) is 31.2 Å². The molecule has 0 aliphatic rings. The fourth-order valence-electron chi connectivity index (χ4n) is 2.47. The van der Waals surface area contributed by atoms with Crippen LogP contribution in [-0.2, 0) is 18.4 Å². The minimum atomic E-state index is -0.282. The molecule has 3 rings (SSSR count). The van der Waals surface area contributed by atoms with Crippen LogP contribution in [0.15, 0.2) is 54.7 Å². The van der Waals surface area contributed by atoms with E-state index in [0.29, 0.717) is 12.2 Å². The summed E-state index contributed by atoms with van der Waals surface area (Å²) < 4.78 is 7.38. The number of benzene rings is 2. The summed E-state index contributed by atoms with van der Waals surface area (Å²) in [6.07, 6.45) is 1.83. The third kappa shape index (κ3) is 2.68. The number of carbonyl (C=O) groups excluding carboxylic acids is 1. The van der Waals surface area contributed by atoms with Crippen LogP contribution in [0.1, 0.15) is 21.5 Å². The molecule has 0 atom stereocenters. The Morgan fingerprint density at radius 1 is 1.14 bits per heavy atom. The summed E-state index contributed by atoms with van der Waals surface area (Å²) in [5.74, 6) is -0.282. The first-order chi connectivity index (χ1) is 10.1. The Bertz CT molecular complexity index is 788. The highest BCUT2D eigenvalue weighted by Gasteiger charge is 2.15. The van der Waals surface area contributed by atoms with Crippen molar-refractivity contribution in [3.05, 3.63) is 71.4 Å². The highest BCUT2D eigenvalue weighted by atomic mass is 16.5. The van der Waals surface area contributed by atoms with E-state index in [1.807, 2.05) is 73.3 Å². The minimum Gasteiger partial charge on any atom is -0.457 e. The Morgan fingerprint density at radius 3 is 2.67 bits per heavy atom. The number of rotatable bonds is 3. The van der Waals surface area contributed by atoms with Crippen molar-refractivity contribution in [3.63, 3.8) is 0 Å². The van der Waals surface area contributed by atoms with Crippen molar-refractivity contribution in [1.82, 2.24) is 4.57 Å². The van der Waals surface area contributed by atoms with E-state index in [1.54, 1.807) is 0 Å². The molecule has 106 valence electrons. The van der Waals surface area contributed by atoms with Crippen LogP contribution in [0.3, 0.4) is 0 Å². The third-order valence-electron chi connectivity index (χ3n) is 3.58. The maximum atomic E-state index is 12.3. The molecule has 3 aromatic rings. The van der Waals surface area contributed by atoms with E-state index in [9.17, 15) is 4.79 Å². The normalized spacial score (nSPS) is 10.8. The minimum absolute atomic E-state index is 0.282. The van der Waals surface area contributed by atoms with E-state index in [-0.39, 0.29) is 5.97 Å². The van der Waals surface area contributed by atoms with Gasteiger partial charge < -0.3 is 9.30 Å². The molecule has 0 aliphatic carbocycles. The smallest absolute Gasteiger partial charge is 0.340 e. The van der Waals surface area contributed by atoms with Crippen molar-refractivity contribution in [2.24, 2.45) is 7.05 Å². The van der Waals surface area contributed by atoms with E-state index in [4.69, 9.17) is 4.74 Å². The van der Waals surface area contributed by atoms with Gasteiger partial charge in [0, 0.05) is 24.1 Å². The Balaban J connectivity index is 1.86. The van der Waals surface area contributed by atoms with E-state index in [1.165, 1.54) is 0 Å². The number of hydrogen-bond donors (Lipinski definition) is 0. The van der Waals surface area contributed by atoms with Crippen LogP contribution in [0.5, 0.6) is 0 Å². The number of aryl methyl sites for hydroxylation is 2. The van der Waals surface area contributed by atoms with Crippen LogP contribution in [-0.4, -0.2) is 10.5 Å². The maximum Gasteiger partial charge on any atom is 0.340 e. The van der Waals surface area contributed by atoms with Gasteiger partial charge in [-0.3, -0.25) is 0 Å². The maximum absolute atomic E-state index is 12.3. The van der Waals surface area contributed by atoms with Crippen LogP contribution in [0.25, 0.3) is 10.9 Å². The average molecular weight is 279 g/mol. The van der Waals surface area contributed by atoms with Gasteiger partial charge in [-0.25, -0.2) is 4.79 Å². The van der Waals surface area contributed by atoms with Crippen molar-refractivity contribution >= 4 is 16.9 Å². The van der Waals surface area contributed by atoms with Crippen LogP contribution >= 0.6 is 0 Å². The van der Waals surface area contributed by atoms with E-state index < -0.39 is 0 Å². The molecule has 0 saturated heterocycles. The second-order valence-corrected chi connectivity index (χ2v) is 5.24. The molecule has 0 aliphatic heterocycles. The van der Waals surface area contributed by atoms with E-state index >= 15 is 0 Å². The van der Waals surface area contributed by atoms with Gasteiger partial charge in [0.25, 0.3) is 0 Å². The average Bonchev–Trinajstić information content (AvgIpc) is 2.82. The first-order valence-electron chi connectivity index (χ1n) is 6.92. The molecule has 0 spiro atoms. The van der Waals surface area contributed by atoms with E-state index in [0.717, 1.165) is 22.0 Å². The number of carbonyl (C=O) groups is 1. The van der Waals surface area contributed by atoms with Gasteiger partial charge in [0.1, 0.15) is 6.61 Å². The molecule has 0 bridgehead atoms. The Kier molecular flexibility index (Phi) is 3.48. The molecule has 0 fully saturated rings. The summed E-state index contributed by atoms with van der Waals surface area (Å²) in [7, 11) is 1.94. The number of ether oxygens (including phenoxy) is 1. The van der Waals surface area contributed by atoms with Gasteiger partial charge in [-0.2, -0.15) is 0 Å². The zero-order valence-electron chi connectivity index (χ0n) is 12.2. The molecule has 2 aromatic carbocycles. The number of nitrogens with zero attached hydrogens (tertiary/aromatic N) is 1. The van der Waals surface area contributed by atoms with Gasteiger partial charge in [0.05, 0.1) is 5.56 Å². The Labute approximate surface area is 123 Å². The molecule has 0 unspecified atom stereocenters. The lowest BCUT2D eigenvalue weighted by Crippen LogP contribution is -2.04. The number of fused-ring (bicyclic) bond motifs is 1. The number of aromatic nitrogens is 1. The molecule has 21 heavy (non-hydrogen) atoms. The molecule has 1 heterocycles. The second kappa shape index (κ2) is 5.44. The highest BCUT2D eigenvalue weighted by Crippen LogP contribution is 2.23.